The highest BCUT2D eigenvalue weighted by atomic mass is 16.6. The van der Waals surface area contributed by atoms with Gasteiger partial charge < -0.3 is 24.7 Å². The van der Waals surface area contributed by atoms with Crippen molar-refractivity contribution >= 4 is 29.2 Å². The number of nitrogens with zero attached hydrogens (tertiary/aromatic N) is 3. The molecule has 3 atom stereocenters. The summed E-state index contributed by atoms with van der Waals surface area (Å²) in [5.74, 6) is -0.867. The lowest BCUT2D eigenvalue weighted by molar-refractivity contribution is -0.146. The summed E-state index contributed by atoms with van der Waals surface area (Å²) in [6, 6.07) is 7.57. The number of nitrogens with one attached hydrogen (secondary N) is 1. The predicted octanol–water partition coefficient (Wildman–Crippen LogP) is 2.38. The normalized spacial score (nSPS) is 24.4. The SMILES string of the molecule is CC(=O)OC1CC(C(=O)NCc2ccc(N3CCCCC3)cc2)N(C(=O)CC2CC(C)=NO2)C1. The van der Waals surface area contributed by atoms with Crippen LogP contribution in [0.3, 0.4) is 0 Å². The van der Waals surface area contributed by atoms with E-state index in [4.69, 9.17) is 9.57 Å². The fourth-order valence-corrected chi connectivity index (χ4v) is 4.92. The average molecular weight is 471 g/mol. The number of ether oxygens (including phenoxy) is 1. The van der Waals surface area contributed by atoms with E-state index in [1.54, 1.807) is 0 Å². The van der Waals surface area contributed by atoms with E-state index in [-0.39, 0.29) is 37.3 Å². The fraction of sp³-hybridized carbons (Fsp3) is 0.600. The van der Waals surface area contributed by atoms with Crippen LogP contribution in [0.15, 0.2) is 29.4 Å². The maximum Gasteiger partial charge on any atom is 0.302 e. The number of carbonyl (C=O) groups excluding carboxylic acids is 3. The van der Waals surface area contributed by atoms with E-state index < -0.39 is 18.1 Å². The van der Waals surface area contributed by atoms with Gasteiger partial charge in [0.15, 0.2) is 0 Å². The summed E-state index contributed by atoms with van der Waals surface area (Å²) in [5, 5.41) is 6.86. The fourth-order valence-electron chi connectivity index (χ4n) is 4.92. The van der Waals surface area contributed by atoms with Crippen LogP contribution in [0.25, 0.3) is 0 Å². The van der Waals surface area contributed by atoms with E-state index >= 15 is 0 Å². The molecule has 0 saturated carbocycles. The number of anilines is 1. The molecule has 184 valence electrons. The monoisotopic (exact) mass is 470 g/mol. The standard InChI is InChI=1S/C25H34N4O5/c1-17-12-21(34-27-17)14-24(31)29-16-22(33-18(2)30)13-23(29)25(32)26-15-19-6-8-20(9-7-19)28-10-4-3-5-11-28/h6-9,21-23H,3-5,10-16H2,1-2H3,(H,26,32). The van der Waals surface area contributed by atoms with Crippen LogP contribution in [0.2, 0.25) is 0 Å². The molecule has 2 fully saturated rings. The molecular weight excluding hydrogens is 436 g/mol. The summed E-state index contributed by atoms with van der Waals surface area (Å²) >= 11 is 0. The summed E-state index contributed by atoms with van der Waals surface area (Å²) in [6.45, 7) is 5.93. The van der Waals surface area contributed by atoms with Crippen molar-refractivity contribution in [2.45, 2.75) is 77.2 Å². The van der Waals surface area contributed by atoms with Gasteiger partial charge in [-0.1, -0.05) is 17.3 Å². The van der Waals surface area contributed by atoms with Gasteiger partial charge in [0.2, 0.25) is 11.8 Å². The van der Waals surface area contributed by atoms with Crippen molar-refractivity contribution in [2.24, 2.45) is 5.16 Å². The molecule has 0 aromatic heterocycles. The van der Waals surface area contributed by atoms with Crippen molar-refractivity contribution in [3.05, 3.63) is 29.8 Å². The highest BCUT2D eigenvalue weighted by molar-refractivity contribution is 5.89. The Kier molecular flexibility index (Phi) is 7.70. The molecule has 3 heterocycles. The summed E-state index contributed by atoms with van der Waals surface area (Å²) in [6.07, 6.45) is 3.94. The molecule has 2 amide bonds. The molecule has 1 N–H and O–H groups in total. The minimum absolute atomic E-state index is 0.134. The predicted molar refractivity (Wildman–Crippen MR) is 127 cm³/mol. The Labute approximate surface area is 200 Å². The Hall–Kier alpha value is -3.10. The van der Waals surface area contributed by atoms with Crippen molar-refractivity contribution in [3.8, 4) is 0 Å². The summed E-state index contributed by atoms with van der Waals surface area (Å²) < 4.78 is 5.32. The largest absolute Gasteiger partial charge is 0.461 e. The molecule has 9 heteroatoms. The average Bonchev–Trinajstić information content (AvgIpc) is 3.44. The zero-order valence-electron chi connectivity index (χ0n) is 20.0. The third-order valence-electron chi connectivity index (χ3n) is 6.63. The van der Waals surface area contributed by atoms with Crippen LogP contribution in [0.1, 0.15) is 57.9 Å². The van der Waals surface area contributed by atoms with Crippen LogP contribution >= 0.6 is 0 Å². The van der Waals surface area contributed by atoms with Crippen LogP contribution < -0.4 is 10.2 Å². The molecular formula is C25H34N4O5. The van der Waals surface area contributed by atoms with Gasteiger partial charge in [0.25, 0.3) is 0 Å². The van der Waals surface area contributed by atoms with E-state index in [2.05, 4.69) is 27.5 Å². The topological polar surface area (TPSA) is 101 Å². The van der Waals surface area contributed by atoms with Crippen LogP contribution in [0.4, 0.5) is 5.69 Å². The van der Waals surface area contributed by atoms with Gasteiger partial charge in [0.05, 0.1) is 18.7 Å². The van der Waals surface area contributed by atoms with Gasteiger partial charge in [0, 0.05) is 45.1 Å². The van der Waals surface area contributed by atoms with Crippen LogP contribution in [0.5, 0.6) is 0 Å². The second kappa shape index (κ2) is 10.9. The Morgan fingerprint density at radius 3 is 2.53 bits per heavy atom. The first-order valence-corrected chi connectivity index (χ1v) is 12.2. The Balaban J connectivity index is 1.34. The summed E-state index contributed by atoms with van der Waals surface area (Å²) in [4.78, 5) is 46.7. The minimum atomic E-state index is -0.687. The van der Waals surface area contributed by atoms with Gasteiger partial charge >= 0.3 is 5.97 Å². The molecule has 2 saturated heterocycles. The van der Waals surface area contributed by atoms with Crippen molar-refractivity contribution < 1.29 is 24.0 Å². The molecule has 1 aromatic rings. The minimum Gasteiger partial charge on any atom is -0.461 e. The highest BCUT2D eigenvalue weighted by Crippen LogP contribution is 2.25. The maximum absolute atomic E-state index is 13.1. The molecule has 3 aliphatic rings. The van der Waals surface area contributed by atoms with Gasteiger partial charge in [-0.05, 0) is 43.9 Å². The number of esters is 1. The lowest BCUT2D eigenvalue weighted by Gasteiger charge is -2.29. The van der Waals surface area contributed by atoms with Crippen molar-refractivity contribution in [1.82, 2.24) is 10.2 Å². The van der Waals surface area contributed by atoms with Crippen molar-refractivity contribution in [1.29, 1.82) is 0 Å². The molecule has 0 spiro atoms. The molecule has 3 unspecified atom stereocenters. The third kappa shape index (κ3) is 6.07. The second-order valence-electron chi connectivity index (χ2n) is 9.42. The molecule has 1 aromatic carbocycles. The van der Waals surface area contributed by atoms with Gasteiger partial charge in [-0.15, -0.1) is 0 Å². The number of oxime groups is 1. The van der Waals surface area contributed by atoms with Crippen LogP contribution in [-0.4, -0.2) is 66.3 Å². The van der Waals surface area contributed by atoms with E-state index in [0.29, 0.717) is 13.0 Å². The first kappa shape index (κ1) is 24.0. The van der Waals surface area contributed by atoms with Crippen molar-refractivity contribution in [2.75, 3.05) is 24.5 Å². The number of benzene rings is 1. The maximum atomic E-state index is 13.1. The van der Waals surface area contributed by atoms with Gasteiger partial charge in [0.1, 0.15) is 18.2 Å². The van der Waals surface area contributed by atoms with Gasteiger partial charge in [-0.25, -0.2) is 0 Å². The van der Waals surface area contributed by atoms with Crippen LogP contribution in [0, 0.1) is 0 Å². The summed E-state index contributed by atoms with van der Waals surface area (Å²) in [7, 11) is 0. The molecule has 0 radical (unpaired) electrons. The molecule has 0 bridgehead atoms. The van der Waals surface area contributed by atoms with E-state index in [0.717, 1.165) is 24.4 Å². The number of piperidine rings is 1. The van der Waals surface area contributed by atoms with Gasteiger partial charge in [-0.2, -0.15) is 0 Å². The number of likely N-dealkylation sites (tertiary alicyclic amines) is 1. The second-order valence-corrected chi connectivity index (χ2v) is 9.42. The smallest absolute Gasteiger partial charge is 0.302 e. The van der Waals surface area contributed by atoms with Gasteiger partial charge in [-0.3, -0.25) is 14.4 Å². The molecule has 34 heavy (non-hydrogen) atoms. The Morgan fingerprint density at radius 2 is 1.88 bits per heavy atom. The first-order chi connectivity index (χ1) is 16.4. The molecule has 0 aliphatic carbocycles. The van der Waals surface area contributed by atoms with Crippen LogP contribution in [-0.2, 0) is 30.5 Å². The number of hydrogen-bond donors (Lipinski definition) is 1. The number of carbonyl (C=O) groups is 3. The zero-order chi connectivity index (χ0) is 24.1. The molecule has 4 rings (SSSR count). The Morgan fingerprint density at radius 1 is 1.15 bits per heavy atom. The van der Waals surface area contributed by atoms with E-state index in [9.17, 15) is 14.4 Å². The Bertz CT molecular complexity index is 926. The quantitative estimate of drug-likeness (QED) is 0.614. The van der Waals surface area contributed by atoms with E-state index in [1.807, 2.05) is 19.1 Å². The summed E-state index contributed by atoms with van der Waals surface area (Å²) in [5.41, 5.74) is 3.05. The molecule has 3 aliphatic heterocycles. The lowest BCUT2D eigenvalue weighted by Crippen LogP contribution is -2.46. The number of amides is 2. The zero-order valence-corrected chi connectivity index (χ0v) is 20.0. The highest BCUT2D eigenvalue weighted by Gasteiger charge is 2.41. The first-order valence-electron chi connectivity index (χ1n) is 12.2. The number of rotatable bonds is 7. The number of hydrogen-bond acceptors (Lipinski definition) is 7. The van der Waals surface area contributed by atoms with Crippen molar-refractivity contribution in [3.63, 3.8) is 0 Å². The third-order valence-corrected chi connectivity index (χ3v) is 6.63. The van der Waals surface area contributed by atoms with E-state index in [1.165, 1.54) is 36.8 Å². The lowest BCUT2D eigenvalue weighted by atomic mass is 10.1. The molecule has 9 nitrogen and oxygen atoms in total.